The number of urea groups is 1. The van der Waals surface area contributed by atoms with Gasteiger partial charge in [-0.25, -0.2) is 4.79 Å². The zero-order valence-electron chi connectivity index (χ0n) is 10.1. The van der Waals surface area contributed by atoms with Crippen molar-refractivity contribution in [2.45, 2.75) is 32.7 Å². The number of hydrogen-bond acceptors (Lipinski definition) is 3. The second kappa shape index (κ2) is 8.37. The summed E-state index contributed by atoms with van der Waals surface area (Å²) in [6.45, 7) is 3.59. The minimum atomic E-state index is -1.12. The van der Waals surface area contributed by atoms with Crippen molar-refractivity contribution in [3.63, 3.8) is 0 Å². The van der Waals surface area contributed by atoms with Crippen LogP contribution in [0.3, 0.4) is 0 Å². The zero-order chi connectivity index (χ0) is 13.3. The molecule has 98 valence electrons. The molecule has 0 aliphatic rings. The van der Waals surface area contributed by atoms with Crippen LogP contribution in [0.1, 0.15) is 26.7 Å². The van der Waals surface area contributed by atoms with Crippen LogP contribution in [0.25, 0.3) is 0 Å². The number of rotatable bonds is 7. The maximum atomic E-state index is 11.3. The molecule has 7 nitrogen and oxygen atoms in total. The Balaban J connectivity index is 3.59. The van der Waals surface area contributed by atoms with Gasteiger partial charge in [0.15, 0.2) is 0 Å². The summed E-state index contributed by atoms with van der Waals surface area (Å²) < 4.78 is 0. The Morgan fingerprint density at radius 2 is 1.88 bits per heavy atom. The third kappa shape index (κ3) is 9.16. The van der Waals surface area contributed by atoms with Gasteiger partial charge < -0.3 is 21.1 Å². The normalized spacial score (nSPS) is 11.4. The van der Waals surface area contributed by atoms with Crippen molar-refractivity contribution in [1.29, 1.82) is 0 Å². The van der Waals surface area contributed by atoms with Crippen LogP contribution in [-0.2, 0) is 9.59 Å². The smallest absolute Gasteiger partial charge is 0.323 e. The fourth-order valence-corrected chi connectivity index (χ4v) is 0.957. The Morgan fingerprint density at radius 1 is 1.24 bits per heavy atom. The summed E-state index contributed by atoms with van der Waals surface area (Å²) in [4.78, 5) is 32.4. The number of nitrogens with one attached hydrogen (secondary N) is 3. The van der Waals surface area contributed by atoms with E-state index in [0.717, 1.165) is 6.42 Å². The first kappa shape index (κ1) is 15.2. The van der Waals surface area contributed by atoms with Crippen LogP contribution < -0.4 is 16.0 Å². The third-order valence-electron chi connectivity index (χ3n) is 2.06. The van der Waals surface area contributed by atoms with Crippen molar-refractivity contribution < 1.29 is 19.5 Å². The van der Waals surface area contributed by atoms with Crippen molar-refractivity contribution in [2.24, 2.45) is 0 Å². The number of aliphatic carboxylic acids is 1. The van der Waals surface area contributed by atoms with Crippen molar-refractivity contribution in [3.05, 3.63) is 0 Å². The van der Waals surface area contributed by atoms with Crippen LogP contribution in [0.4, 0.5) is 4.79 Å². The minimum Gasteiger partial charge on any atom is -0.480 e. The van der Waals surface area contributed by atoms with Crippen LogP contribution in [-0.4, -0.2) is 42.1 Å². The molecule has 1 unspecified atom stereocenters. The molecule has 0 aromatic rings. The van der Waals surface area contributed by atoms with E-state index >= 15 is 0 Å². The quantitative estimate of drug-likeness (QED) is 0.492. The Morgan fingerprint density at radius 3 is 2.41 bits per heavy atom. The maximum absolute atomic E-state index is 11.3. The largest absolute Gasteiger partial charge is 0.480 e. The van der Waals surface area contributed by atoms with Gasteiger partial charge >= 0.3 is 12.0 Å². The lowest BCUT2D eigenvalue weighted by molar-refractivity contribution is -0.135. The number of hydrogen-bond donors (Lipinski definition) is 4. The predicted molar refractivity (Wildman–Crippen MR) is 61.5 cm³/mol. The Kier molecular flexibility index (Phi) is 7.49. The molecule has 0 aliphatic heterocycles. The fraction of sp³-hybridized carbons (Fsp3) is 0.700. The lowest BCUT2D eigenvalue weighted by Gasteiger charge is -2.11. The monoisotopic (exact) mass is 245 g/mol. The van der Waals surface area contributed by atoms with Crippen molar-refractivity contribution in [2.75, 3.05) is 13.1 Å². The molecule has 3 amide bonds. The van der Waals surface area contributed by atoms with E-state index in [9.17, 15) is 14.4 Å². The summed E-state index contributed by atoms with van der Waals surface area (Å²) >= 11 is 0. The first-order chi connectivity index (χ1) is 7.95. The van der Waals surface area contributed by atoms with E-state index < -0.39 is 18.5 Å². The average Bonchev–Trinajstić information content (AvgIpc) is 2.26. The van der Waals surface area contributed by atoms with E-state index in [1.165, 1.54) is 0 Å². The summed E-state index contributed by atoms with van der Waals surface area (Å²) in [5, 5.41) is 15.6. The van der Waals surface area contributed by atoms with Gasteiger partial charge in [0.05, 0.1) is 0 Å². The van der Waals surface area contributed by atoms with Gasteiger partial charge in [-0.1, -0.05) is 6.92 Å². The summed E-state index contributed by atoms with van der Waals surface area (Å²) in [5.74, 6) is -1.26. The number of carboxylic acids is 1. The molecule has 0 saturated heterocycles. The first-order valence-electron chi connectivity index (χ1n) is 5.48. The van der Waals surface area contributed by atoms with E-state index in [2.05, 4.69) is 16.0 Å². The molecular formula is C10H19N3O4. The molecule has 0 heterocycles. The van der Waals surface area contributed by atoms with E-state index in [4.69, 9.17) is 5.11 Å². The molecule has 4 N–H and O–H groups in total. The number of carbonyl (C=O) groups is 3. The maximum Gasteiger partial charge on any atom is 0.323 e. The van der Waals surface area contributed by atoms with Crippen molar-refractivity contribution in [1.82, 2.24) is 16.0 Å². The van der Waals surface area contributed by atoms with Crippen LogP contribution in [0.5, 0.6) is 0 Å². The molecule has 0 aromatic heterocycles. The highest BCUT2D eigenvalue weighted by Gasteiger charge is 2.06. The molecule has 0 bridgehead atoms. The number of carboxylic acid groups (broad SMARTS) is 1. The Hall–Kier alpha value is -1.79. The van der Waals surface area contributed by atoms with E-state index in [1.807, 2.05) is 13.8 Å². The summed E-state index contributed by atoms with van der Waals surface area (Å²) in [5.41, 5.74) is 0. The molecule has 7 heteroatoms. The fourth-order valence-electron chi connectivity index (χ4n) is 0.957. The van der Waals surface area contributed by atoms with Crippen LogP contribution >= 0.6 is 0 Å². The molecule has 17 heavy (non-hydrogen) atoms. The van der Waals surface area contributed by atoms with Gasteiger partial charge in [0.25, 0.3) is 0 Å². The summed E-state index contributed by atoms with van der Waals surface area (Å²) in [6, 6.07) is -0.480. The molecule has 1 atom stereocenters. The second-order valence-corrected chi connectivity index (χ2v) is 3.63. The zero-order valence-corrected chi connectivity index (χ0v) is 10.1. The number of carbonyl (C=O) groups excluding carboxylic acids is 2. The van der Waals surface area contributed by atoms with E-state index in [0.29, 0.717) is 0 Å². The van der Waals surface area contributed by atoms with Gasteiger partial charge in [-0.05, 0) is 13.3 Å². The third-order valence-corrected chi connectivity index (χ3v) is 2.06. The molecule has 0 saturated carbocycles. The van der Waals surface area contributed by atoms with Gasteiger partial charge in [0.1, 0.15) is 6.54 Å². The molecule has 0 fully saturated rings. The highest BCUT2D eigenvalue weighted by atomic mass is 16.4. The summed E-state index contributed by atoms with van der Waals surface area (Å²) in [7, 11) is 0. The van der Waals surface area contributed by atoms with Crippen molar-refractivity contribution in [3.8, 4) is 0 Å². The van der Waals surface area contributed by atoms with Gasteiger partial charge in [-0.15, -0.1) is 0 Å². The lowest BCUT2D eigenvalue weighted by atomic mass is 10.2. The van der Waals surface area contributed by atoms with Crippen LogP contribution in [0.2, 0.25) is 0 Å². The minimum absolute atomic E-state index is 0.114. The molecular weight excluding hydrogens is 226 g/mol. The highest BCUT2D eigenvalue weighted by Crippen LogP contribution is 1.88. The predicted octanol–water partition coefficient (Wildman–Crippen LogP) is -0.325. The topological polar surface area (TPSA) is 108 Å². The van der Waals surface area contributed by atoms with Crippen LogP contribution in [0.15, 0.2) is 0 Å². The Bertz CT molecular complexity index is 281. The first-order valence-corrected chi connectivity index (χ1v) is 5.48. The SMILES string of the molecule is CCC(C)NC(=O)CCNC(=O)NCC(=O)O. The standard InChI is InChI=1S/C10H19N3O4/c1-3-7(2)13-8(14)4-5-11-10(17)12-6-9(15)16/h7H,3-6H2,1-2H3,(H,13,14)(H,15,16)(H2,11,12,17). The van der Waals surface area contributed by atoms with Gasteiger partial charge in [-0.3, -0.25) is 9.59 Å². The second-order valence-electron chi connectivity index (χ2n) is 3.63. The number of amides is 3. The van der Waals surface area contributed by atoms with Gasteiger partial charge in [0, 0.05) is 19.0 Å². The van der Waals surface area contributed by atoms with Crippen molar-refractivity contribution >= 4 is 17.9 Å². The molecule has 0 radical (unpaired) electrons. The van der Waals surface area contributed by atoms with Gasteiger partial charge in [-0.2, -0.15) is 0 Å². The Labute approximate surface area is 100.0 Å². The molecule has 0 aliphatic carbocycles. The van der Waals surface area contributed by atoms with E-state index in [1.54, 1.807) is 0 Å². The molecule has 0 rings (SSSR count). The van der Waals surface area contributed by atoms with E-state index in [-0.39, 0.29) is 24.9 Å². The van der Waals surface area contributed by atoms with Gasteiger partial charge in [0.2, 0.25) is 5.91 Å². The summed E-state index contributed by atoms with van der Waals surface area (Å²) in [6.07, 6.45) is 1.02. The molecule has 0 spiro atoms. The molecule has 0 aromatic carbocycles. The van der Waals surface area contributed by atoms with Crippen LogP contribution in [0, 0.1) is 0 Å². The average molecular weight is 245 g/mol. The highest BCUT2D eigenvalue weighted by molar-refractivity contribution is 5.81. The lowest BCUT2D eigenvalue weighted by Crippen LogP contribution is -2.40.